The molecule has 0 aliphatic heterocycles. The number of aromatic nitrogens is 1. The van der Waals surface area contributed by atoms with Crippen LogP contribution in [0.25, 0.3) is 22.2 Å². The predicted molar refractivity (Wildman–Crippen MR) is 129 cm³/mol. The van der Waals surface area contributed by atoms with Crippen LogP contribution in [0.1, 0.15) is 22.8 Å². The molecular weight excluding hydrogens is 470 g/mol. The van der Waals surface area contributed by atoms with Crippen molar-refractivity contribution in [3.8, 4) is 22.8 Å². The van der Waals surface area contributed by atoms with Gasteiger partial charge in [-0.15, -0.1) is 0 Å². The predicted octanol–water partition coefficient (Wildman–Crippen LogP) is 5.53. The maximum Gasteiger partial charge on any atom is 0.272 e. The number of ether oxygens (including phenoxy) is 1. The Morgan fingerprint density at radius 2 is 1.88 bits per heavy atom. The molecule has 7 heteroatoms. The smallest absolute Gasteiger partial charge is 0.272 e. The standard InChI is InChI=1S/C25H20BrN3O3/c1-2-32-23-13-16(12-20(26)24(23)30)15-27-29-25(31)19-14-22(17-8-4-3-5-9-17)28-21-11-7-6-10-18(19)21/h3-15,30H,2H2,1H3,(H,29,31). The number of fused-ring (bicyclic) bond motifs is 1. The number of amides is 1. The molecule has 2 N–H and O–H groups in total. The molecule has 0 radical (unpaired) electrons. The van der Waals surface area contributed by atoms with E-state index in [9.17, 15) is 9.90 Å². The number of para-hydroxylation sites is 1. The lowest BCUT2D eigenvalue weighted by atomic mass is 10.0. The number of hydrazone groups is 1. The summed E-state index contributed by atoms with van der Waals surface area (Å²) >= 11 is 3.30. The van der Waals surface area contributed by atoms with Gasteiger partial charge in [-0.1, -0.05) is 48.5 Å². The van der Waals surface area contributed by atoms with Gasteiger partial charge in [-0.3, -0.25) is 4.79 Å². The van der Waals surface area contributed by atoms with Crippen LogP contribution in [-0.2, 0) is 0 Å². The van der Waals surface area contributed by atoms with Gasteiger partial charge in [0.2, 0.25) is 0 Å². The summed E-state index contributed by atoms with van der Waals surface area (Å²) < 4.78 is 5.90. The van der Waals surface area contributed by atoms with Crippen molar-refractivity contribution in [2.75, 3.05) is 6.61 Å². The molecule has 1 amide bonds. The number of nitrogens with zero attached hydrogens (tertiary/aromatic N) is 2. The van der Waals surface area contributed by atoms with Crippen LogP contribution in [0.3, 0.4) is 0 Å². The van der Waals surface area contributed by atoms with E-state index in [0.717, 1.165) is 16.5 Å². The molecule has 1 aromatic heterocycles. The summed E-state index contributed by atoms with van der Waals surface area (Å²) in [4.78, 5) is 17.7. The molecule has 0 atom stereocenters. The first-order valence-electron chi connectivity index (χ1n) is 10.0. The molecule has 32 heavy (non-hydrogen) atoms. The average molecular weight is 490 g/mol. The lowest BCUT2D eigenvalue weighted by Gasteiger charge is -2.09. The van der Waals surface area contributed by atoms with Crippen molar-refractivity contribution in [2.45, 2.75) is 6.92 Å². The molecule has 0 aliphatic carbocycles. The first-order valence-corrected chi connectivity index (χ1v) is 10.8. The monoisotopic (exact) mass is 489 g/mol. The van der Waals surface area contributed by atoms with E-state index in [1.54, 1.807) is 18.2 Å². The molecule has 3 aromatic carbocycles. The second-order valence-electron chi connectivity index (χ2n) is 6.92. The van der Waals surface area contributed by atoms with Crippen LogP contribution in [0.4, 0.5) is 0 Å². The topological polar surface area (TPSA) is 83.8 Å². The molecule has 4 aromatic rings. The van der Waals surface area contributed by atoms with Gasteiger partial charge in [0.25, 0.3) is 5.91 Å². The van der Waals surface area contributed by atoms with E-state index in [4.69, 9.17) is 9.72 Å². The van der Waals surface area contributed by atoms with Crippen LogP contribution >= 0.6 is 15.9 Å². The van der Waals surface area contributed by atoms with Gasteiger partial charge in [0.15, 0.2) is 11.5 Å². The van der Waals surface area contributed by atoms with Gasteiger partial charge in [-0.2, -0.15) is 5.10 Å². The van der Waals surface area contributed by atoms with E-state index < -0.39 is 0 Å². The third kappa shape index (κ3) is 4.63. The highest BCUT2D eigenvalue weighted by atomic mass is 79.9. The van der Waals surface area contributed by atoms with Gasteiger partial charge in [-0.25, -0.2) is 10.4 Å². The second kappa shape index (κ2) is 9.62. The van der Waals surface area contributed by atoms with E-state index in [1.165, 1.54) is 6.21 Å². The molecule has 0 saturated carbocycles. The van der Waals surface area contributed by atoms with Crippen LogP contribution < -0.4 is 10.2 Å². The maximum absolute atomic E-state index is 13.0. The lowest BCUT2D eigenvalue weighted by molar-refractivity contribution is 0.0956. The number of rotatable bonds is 6. The van der Waals surface area contributed by atoms with Crippen molar-refractivity contribution < 1.29 is 14.6 Å². The van der Waals surface area contributed by atoms with Crippen molar-refractivity contribution in [3.05, 3.63) is 88.4 Å². The number of phenolic OH excluding ortho intramolecular Hbond substituents is 1. The van der Waals surface area contributed by atoms with Crippen LogP contribution in [-0.4, -0.2) is 28.8 Å². The first kappa shape index (κ1) is 21.5. The zero-order valence-electron chi connectivity index (χ0n) is 17.2. The molecule has 0 spiro atoms. The number of hydrogen-bond acceptors (Lipinski definition) is 5. The van der Waals surface area contributed by atoms with Crippen molar-refractivity contribution >= 4 is 39.0 Å². The minimum atomic E-state index is -0.347. The fraction of sp³-hybridized carbons (Fsp3) is 0.0800. The third-order valence-corrected chi connectivity index (χ3v) is 5.37. The number of benzene rings is 3. The Labute approximate surface area is 193 Å². The molecule has 0 unspecified atom stereocenters. The maximum atomic E-state index is 13.0. The van der Waals surface area contributed by atoms with Crippen LogP contribution in [0.15, 0.2) is 82.4 Å². The molecule has 0 fully saturated rings. The van der Waals surface area contributed by atoms with Crippen molar-refractivity contribution in [3.63, 3.8) is 0 Å². The first-order chi connectivity index (χ1) is 15.6. The fourth-order valence-electron chi connectivity index (χ4n) is 3.28. The number of phenols is 1. The van der Waals surface area contributed by atoms with Crippen LogP contribution in [0.5, 0.6) is 11.5 Å². The summed E-state index contributed by atoms with van der Waals surface area (Å²) in [5, 5.41) is 14.9. The van der Waals surface area contributed by atoms with Gasteiger partial charge in [0.1, 0.15) is 0 Å². The molecule has 4 rings (SSSR count). The molecule has 0 bridgehead atoms. The van der Waals surface area contributed by atoms with E-state index in [-0.39, 0.29) is 11.7 Å². The molecule has 6 nitrogen and oxygen atoms in total. The number of hydrogen-bond donors (Lipinski definition) is 2. The van der Waals surface area contributed by atoms with Crippen LogP contribution in [0.2, 0.25) is 0 Å². The Morgan fingerprint density at radius 1 is 1.12 bits per heavy atom. The fourth-order valence-corrected chi connectivity index (χ4v) is 3.74. The number of carbonyl (C=O) groups excluding carboxylic acids is 1. The van der Waals surface area contributed by atoms with E-state index >= 15 is 0 Å². The number of halogens is 1. The summed E-state index contributed by atoms with van der Waals surface area (Å²) in [6, 6.07) is 22.3. The van der Waals surface area contributed by atoms with E-state index in [1.807, 2.05) is 61.5 Å². The zero-order chi connectivity index (χ0) is 22.5. The van der Waals surface area contributed by atoms with Gasteiger partial charge in [0.05, 0.1) is 34.1 Å². The summed E-state index contributed by atoms with van der Waals surface area (Å²) in [5.41, 5.74) is 6.09. The number of carbonyl (C=O) groups is 1. The summed E-state index contributed by atoms with van der Waals surface area (Å²) in [7, 11) is 0. The molecule has 0 aliphatic rings. The number of nitrogens with one attached hydrogen (secondary N) is 1. The van der Waals surface area contributed by atoms with Gasteiger partial charge in [0, 0.05) is 10.9 Å². The van der Waals surface area contributed by atoms with Crippen LogP contribution in [0, 0.1) is 0 Å². The number of pyridine rings is 1. The highest BCUT2D eigenvalue weighted by Gasteiger charge is 2.14. The SMILES string of the molecule is CCOc1cc(C=NNC(=O)c2cc(-c3ccccc3)nc3ccccc23)cc(Br)c1O. The van der Waals surface area contributed by atoms with E-state index in [0.29, 0.717) is 33.6 Å². The Morgan fingerprint density at radius 3 is 2.66 bits per heavy atom. The molecular formula is C25H20BrN3O3. The Balaban J connectivity index is 1.63. The van der Waals surface area contributed by atoms with E-state index in [2.05, 4.69) is 26.5 Å². The second-order valence-corrected chi connectivity index (χ2v) is 7.77. The summed E-state index contributed by atoms with van der Waals surface area (Å²) in [6.07, 6.45) is 1.49. The summed E-state index contributed by atoms with van der Waals surface area (Å²) in [6.45, 7) is 2.24. The Hall–Kier alpha value is -3.71. The van der Waals surface area contributed by atoms with Gasteiger partial charge in [-0.05, 0) is 52.7 Å². The highest BCUT2D eigenvalue weighted by molar-refractivity contribution is 9.10. The van der Waals surface area contributed by atoms with Crippen molar-refractivity contribution in [2.24, 2.45) is 5.10 Å². The zero-order valence-corrected chi connectivity index (χ0v) is 18.8. The normalized spacial score (nSPS) is 11.1. The Kier molecular flexibility index (Phi) is 6.47. The Bertz CT molecular complexity index is 1310. The quantitative estimate of drug-likeness (QED) is 0.275. The third-order valence-electron chi connectivity index (χ3n) is 4.76. The minimum Gasteiger partial charge on any atom is -0.503 e. The lowest BCUT2D eigenvalue weighted by Crippen LogP contribution is -2.18. The minimum absolute atomic E-state index is 0.0183. The highest BCUT2D eigenvalue weighted by Crippen LogP contribution is 2.35. The number of aromatic hydroxyl groups is 1. The largest absolute Gasteiger partial charge is 0.503 e. The van der Waals surface area contributed by atoms with Crippen molar-refractivity contribution in [1.29, 1.82) is 0 Å². The average Bonchev–Trinajstić information content (AvgIpc) is 2.82. The van der Waals surface area contributed by atoms with Crippen molar-refractivity contribution in [1.82, 2.24) is 10.4 Å². The van der Waals surface area contributed by atoms with Gasteiger partial charge >= 0.3 is 0 Å². The van der Waals surface area contributed by atoms with Gasteiger partial charge < -0.3 is 9.84 Å². The molecule has 0 saturated heterocycles. The summed E-state index contributed by atoms with van der Waals surface area (Å²) in [5.74, 6) is 0.00641. The molecule has 160 valence electrons. The molecule has 1 heterocycles.